The van der Waals surface area contributed by atoms with Crippen LogP contribution in [-0.4, -0.2) is 24.0 Å². The summed E-state index contributed by atoms with van der Waals surface area (Å²) in [5.41, 5.74) is 2.29. The van der Waals surface area contributed by atoms with E-state index in [1.165, 1.54) is 0 Å². The third kappa shape index (κ3) is 4.61. The molecule has 0 aliphatic carbocycles. The molecule has 0 radical (unpaired) electrons. The lowest BCUT2D eigenvalue weighted by atomic mass is 10.1. The molecule has 0 saturated heterocycles. The van der Waals surface area contributed by atoms with Crippen LogP contribution < -0.4 is 10.1 Å². The number of hydrogen-bond acceptors (Lipinski definition) is 4. The third-order valence-electron chi connectivity index (χ3n) is 2.99. The summed E-state index contributed by atoms with van der Waals surface area (Å²) in [4.78, 5) is 11.0. The Morgan fingerprint density at radius 1 is 1.24 bits per heavy atom. The van der Waals surface area contributed by atoms with E-state index in [0.717, 1.165) is 11.8 Å². The third-order valence-corrected chi connectivity index (χ3v) is 2.99. The van der Waals surface area contributed by atoms with Gasteiger partial charge in [0.15, 0.2) is 6.29 Å². The molecule has 0 spiro atoms. The molecule has 0 aromatic heterocycles. The second kappa shape index (κ2) is 7.45. The van der Waals surface area contributed by atoms with Crippen LogP contribution in [0.3, 0.4) is 0 Å². The van der Waals surface area contributed by atoms with Crippen molar-refractivity contribution in [2.24, 2.45) is 0 Å². The van der Waals surface area contributed by atoms with Crippen LogP contribution in [0.5, 0.6) is 5.75 Å². The van der Waals surface area contributed by atoms with Crippen molar-refractivity contribution in [3.63, 3.8) is 0 Å². The van der Waals surface area contributed by atoms with Gasteiger partial charge in [-0.1, -0.05) is 30.3 Å². The van der Waals surface area contributed by atoms with Gasteiger partial charge in [-0.15, -0.1) is 0 Å². The molecule has 2 rings (SSSR count). The van der Waals surface area contributed by atoms with Crippen molar-refractivity contribution in [1.29, 1.82) is 0 Å². The number of benzene rings is 2. The molecule has 0 aliphatic rings. The zero-order valence-electron chi connectivity index (χ0n) is 12.0. The molecule has 2 aromatic rings. The fourth-order valence-corrected chi connectivity index (χ4v) is 1.88. The van der Waals surface area contributed by atoms with Crippen LogP contribution in [0.25, 0.3) is 0 Å². The highest BCUT2D eigenvalue weighted by molar-refractivity contribution is 5.84. The second-order valence-corrected chi connectivity index (χ2v) is 4.87. The SMILES string of the molecule is C[C@H](O)CNc1cc(OCc2ccccc2)ccc1C=O. The summed E-state index contributed by atoms with van der Waals surface area (Å²) in [5, 5.41) is 12.4. The molecule has 4 nitrogen and oxygen atoms in total. The summed E-state index contributed by atoms with van der Waals surface area (Å²) in [7, 11) is 0. The van der Waals surface area contributed by atoms with Gasteiger partial charge in [0, 0.05) is 23.9 Å². The summed E-state index contributed by atoms with van der Waals surface area (Å²) in [5.74, 6) is 0.678. The van der Waals surface area contributed by atoms with Crippen LogP contribution in [0, 0.1) is 0 Å². The first-order valence-electron chi connectivity index (χ1n) is 6.87. The van der Waals surface area contributed by atoms with Gasteiger partial charge in [-0.2, -0.15) is 0 Å². The van der Waals surface area contributed by atoms with E-state index in [9.17, 15) is 9.90 Å². The monoisotopic (exact) mass is 285 g/mol. The Hall–Kier alpha value is -2.33. The van der Waals surface area contributed by atoms with Gasteiger partial charge in [0.05, 0.1) is 6.10 Å². The van der Waals surface area contributed by atoms with Gasteiger partial charge >= 0.3 is 0 Å². The number of aliphatic hydroxyl groups excluding tert-OH is 1. The zero-order chi connectivity index (χ0) is 15.1. The maximum Gasteiger partial charge on any atom is 0.152 e. The van der Waals surface area contributed by atoms with E-state index in [4.69, 9.17) is 4.74 Å². The predicted molar refractivity (Wildman–Crippen MR) is 82.8 cm³/mol. The maximum absolute atomic E-state index is 11.0. The van der Waals surface area contributed by atoms with E-state index in [0.29, 0.717) is 30.2 Å². The number of ether oxygens (including phenoxy) is 1. The number of hydrogen-bond donors (Lipinski definition) is 2. The molecule has 4 heteroatoms. The maximum atomic E-state index is 11.0. The fraction of sp³-hybridized carbons (Fsp3) is 0.235. The van der Waals surface area contributed by atoms with Crippen molar-refractivity contribution in [2.75, 3.05) is 11.9 Å². The summed E-state index contributed by atoms with van der Waals surface area (Å²) < 4.78 is 5.72. The van der Waals surface area contributed by atoms with Gasteiger partial charge in [-0.3, -0.25) is 4.79 Å². The van der Waals surface area contributed by atoms with Gasteiger partial charge in [0.1, 0.15) is 12.4 Å². The molecular formula is C17H19NO3. The summed E-state index contributed by atoms with van der Waals surface area (Å²) in [6.07, 6.45) is 0.295. The minimum absolute atomic E-state index is 0.378. The van der Waals surface area contributed by atoms with E-state index in [-0.39, 0.29) is 0 Å². The molecule has 0 fully saturated rings. The lowest BCUT2D eigenvalue weighted by Crippen LogP contribution is -2.16. The first kappa shape index (κ1) is 15.1. The van der Waals surface area contributed by atoms with Crippen molar-refractivity contribution in [3.05, 3.63) is 59.7 Å². The molecule has 2 N–H and O–H groups in total. The molecule has 0 bridgehead atoms. The smallest absolute Gasteiger partial charge is 0.152 e. The Labute approximate surface area is 124 Å². The summed E-state index contributed by atoms with van der Waals surface area (Å²) in [6.45, 7) is 2.53. The van der Waals surface area contributed by atoms with Gasteiger partial charge in [0.2, 0.25) is 0 Å². The van der Waals surface area contributed by atoms with Gasteiger partial charge in [-0.25, -0.2) is 0 Å². The lowest BCUT2D eigenvalue weighted by Gasteiger charge is -2.13. The fourth-order valence-electron chi connectivity index (χ4n) is 1.88. The molecule has 2 aromatic carbocycles. The molecule has 0 heterocycles. The van der Waals surface area contributed by atoms with E-state index >= 15 is 0 Å². The van der Waals surface area contributed by atoms with Crippen LogP contribution in [0.1, 0.15) is 22.8 Å². The Bertz CT molecular complexity index is 582. The van der Waals surface area contributed by atoms with Crippen LogP contribution in [-0.2, 0) is 6.61 Å². The van der Waals surface area contributed by atoms with Crippen LogP contribution in [0.2, 0.25) is 0 Å². The van der Waals surface area contributed by atoms with Crippen molar-refractivity contribution in [2.45, 2.75) is 19.6 Å². The highest BCUT2D eigenvalue weighted by Crippen LogP contribution is 2.22. The molecule has 0 aliphatic heterocycles. The average molecular weight is 285 g/mol. The lowest BCUT2D eigenvalue weighted by molar-refractivity contribution is 0.112. The number of carbonyl (C=O) groups excluding carboxylic acids is 1. The van der Waals surface area contributed by atoms with Crippen molar-refractivity contribution in [1.82, 2.24) is 0 Å². The van der Waals surface area contributed by atoms with Crippen LogP contribution >= 0.6 is 0 Å². The standard InChI is InChI=1S/C17H19NO3/c1-13(20)10-18-17-9-16(8-7-15(17)11-19)21-12-14-5-3-2-4-6-14/h2-9,11,13,18,20H,10,12H2,1H3/t13-/m0/s1. The minimum atomic E-state index is -0.488. The quantitative estimate of drug-likeness (QED) is 0.768. The Kier molecular flexibility index (Phi) is 5.35. The number of carbonyl (C=O) groups is 1. The topological polar surface area (TPSA) is 58.6 Å². The Morgan fingerprint density at radius 3 is 2.67 bits per heavy atom. The average Bonchev–Trinajstić information content (AvgIpc) is 2.52. The van der Waals surface area contributed by atoms with Gasteiger partial charge in [-0.05, 0) is 24.6 Å². The number of aldehydes is 1. The number of nitrogens with one attached hydrogen (secondary N) is 1. The Morgan fingerprint density at radius 2 is 2.00 bits per heavy atom. The van der Waals surface area contributed by atoms with Crippen molar-refractivity contribution in [3.8, 4) is 5.75 Å². The molecule has 0 saturated carbocycles. The van der Waals surface area contributed by atoms with E-state index in [2.05, 4.69) is 5.32 Å². The summed E-state index contributed by atoms with van der Waals surface area (Å²) >= 11 is 0. The predicted octanol–water partition coefficient (Wildman–Crippen LogP) is 2.87. The molecule has 21 heavy (non-hydrogen) atoms. The van der Waals surface area contributed by atoms with Gasteiger partial charge in [0.25, 0.3) is 0 Å². The van der Waals surface area contributed by atoms with Crippen molar-refractivity contribution < 1.29 is 14.6 Å². The number of rotatable bonds is 7. The largest absolute Gasteiger partial charge is 0.489 e. The number of aliphatic hydroxyl groups is 1. The highest BCUT2D eigenvalue weighted by Gasteiger charge is 2.05. The minimum Gasteiger partial charge on any atom is -0.489 e. The van der Waals surface area contributed by atoms with Gasteiger partial charge < -0.3 is 15.2 Å². The van der Waals surface area contributed by atoms with Crippen LogP contribution in [0.15, 0.2) is 48.5 Å². The first-order valence-corrected chi connectivity index (χ1v) is 6.87. The zero-order valence-corrected chi connectivity index (χ0v) is 12.0. The summed E-state index contributed by atoms with van der Waals surface area (Å²) in [6, 6.07) is 15.1. The molecule has 110 valence electrons. The van der Waals surface area contributed by atoms with E-state index in [1.807, 2.05) is 30.3 Å². The first-order chi connectivity index (χ1) is 10.2. The highest BCUT2D eigenvalue weighted by atomic mass is 16.5. The molecule has 0 amide bonds. The second-order valence-electron chi connectivity index (χ2n) is 4.87. The molecular weight excluding hydrogens is 266 g/mol. The normalized spacial score (nSPS) is 11.7. The van der Waals surface area contributed by atoms with Crippen LogP contribution in [0.4, 0.5) is 5.69 Å². The van der Waals surface area contributed by atoms with E-state index in [1.54, 1.807) is 25.1 Å². The van der Waals surface area contributed by atoms with E-state index < -0.39 is 6.10 Å². The molecule has 1 atom stereocenters. The Balaban J connectivity index is 2.06. The molecule has 0 unspecified atom stereocenters. The number of anilines is 1. The van der Waals surface area contributed by atoms with Crippen molar-refractivity contribution >= 4 is 12.0 Å².